The highest BCUT2D eigenvalue weighted by atomic mass is 16.5. The third kappa shape index (κ3) is 7.66. The standard InChI is InChI=1S/C23H33N3O3/c1-7-28-21-14-19(11-12-20(21)27-6)26-22(24-5)25-15-17-9-8-10-18(13-17)16-29-23(2,3)4/h8-14H,7,15-16H2,1-6H3,(H2,24,25,26). The lowest BCUT2D eigenvalue weighted by Gasteiger charge is -2.20. The first kappa shape index (κ1) is 22.6. The van der Waals surface area contributed by atoms with Gasteiger partial charge in [0.25, 0.3) is 0 Å². The summed E-state index contributed by atoms with van der Waals surface area (Å²) in [4.78, 5) is 4.31. The van der Waals surface area contributed by atoms with Gasteiger partial charge in [-0.2, -0.15) is 0 Å². The first-order chi connectivity index (χ1) is 13.8. The van der Waals surface area contributed by atoms with Crippen LogP contribution >= 0.6 is 0 Å². The number of guanidine groups is 1. The second kappa shape index (κ2) is 10.7. The van der Waals surface area contributed by atoms with Crippen LogP contribution in [0.1, 0.15) is 38.8 Å². The minimum atomic E-state index is -0.154. The average Bonchev–Trinajstić information content (AvgIpc) is 2.70. The monoisotopic (exact) mass is 399 g/mol. The third-order valence-corrected chi connectivity index (χ3v) is 4.07. The Morgan fingerprint density at radius 2 is 1.79 bits per heavy atom. The molecule has 0 unspecified atom stereocenters. The summed E-state index contributed by atoms with van der Waals surface area (Å²) in [7, 11) is 3.38. The van der Waals surface area contributed by atoms with Gasteiger partial charge in [0.05, 0.1) is 25.9 Å². The molecule has 6 heteroatoms. The van der Waals surface area contributed by atoms with Crippen LogP contribution in [0.2, 0.25) is 0 Å². The summed E-state index contributed by atoms with van der Waals surface area (Å²) in [6, 6.07) is 14.1. The maximum absolute atomic E-state index is 5.87. The van der Waals surface area contributed by atoms with Gasteiger partial charge in [-0.05, 0) is 51.0 Å². The van der Waals surface area contributed by atoms with Crippen molar-refractivity contribution in [2.75, 3.05) is 26.1 Å². The molecule has 0 saturated carbocycles. The fraction of sp³-hybridized carbons (Fsp3) is 0.435. The van der Waals surface area contributed by atoms with Gasteiger partial charge in [-0.15, -0.1) is 0 Å². The normalized spacial score (nSPS) is 11.9. The minimum absolute atomic E-state index is 0.154. The van der Waals surface area contributed by atoms with Gasteiger partial charge >= 0.3 is 0 Å². The lowest BCUT2D eigenvalue weighted by atomic mass is 10.1. The van der Waals surface area contributed by atoms with Crippen molar-refractivity contribution in [2.45, 2.75) is 46.4 Å². The number of rotatable bonds is 8. The molecule has 158 valence electrons. The summed E-state index contributed by atoms with van der Waals surface area (Å²) >= 11 is 0. The van der Waals surface area contributed by atoms with E-state index < -0.39 is 0 Å². The molecular weight excluding hydrogens is 366 g/mol. The van der Waals surface area contributed by atoms with E-state index in [1.54, 1.807) is 14.2 Å². The third-order valence-electron chi connectivity index (χ3n) is 4.07. The predicted octanol–water partition coefficient (Wildman–Crippen LogP) is 4.60. The quantitative estimate of drug-likeness (QED) is 0.502. The fourth-order valence-corrected chi connectivity index (χ4v) is 2.65. The van der Waals surface area contributed by atoms with E-state index in [0.29, 0.717) is 37.2 Å². The molecule has 0 fully saturated rings. The van der Waals surface area contributed by atoms with Crippen LogP contribution in [-0.4, -0.2) is 32.3 Å². The van der Waals surface area contributed by atoms with Crippen molar-refractivity contribution < 1.29 is 14.2 Å². The lowest BCUT2D eigenvalue weighted by Crippen LogP contribution is -2.30. The van der Waals surface area contributed by atoms with Crippen LogP contribution in [0.5, 0.6) is 11.5 Å². The summed E-state index contributed by atoms with van der Waals surface area (Å²) < 4.78 is 16.8. The molecule has 0 aliphatic rings. The minimum Gasteiger partial charge on any atom is -0.493 e. The van der Waals surface area contributed by atoms with E-state index in [-0.39, 0.29) is 5.60 Å². The largest absolute Gasteiger partial charge is 0.493 e. The van der Waals surface area contributed by atoms with Gasteiger partial charge in [0.2, 0.25) is 0 Å². The second-order valence-electron chi connectivity index (χ2n) is 7.57. The smallest absolute Gasteiger partial charge is 0.195 e. The van der Waals surface area contributed by atoms with Gasteiger partial charge in [-0.1, -0.05) is 24.3 Å². The number of methoxy groups -OCH3 is 1. The summed E-state index contributed by atoms with van der Waals surface area (Å²) in [6.07, 6.45) is 0. The number of aliphatic imine (C=N–C) groups is 1. The van der Waals surface area contributed by atoms with Crippen LogP contribution in [0.25, 0.3) is 0 Å². The summed E-state index contributed by atoms with van der Waals surface area (Å²) in [5.74, 6) is 2.07. The molecule has 6 nitrogen and oxygen atoms in total. The van der Waals surface area contributed by atoms with Crippen LogP contribution in [0.3, 0.4) is 0 Å². The highest BCUT2D eigenvalue weighted by Gasteiger charge is 2.10. The predicted molar refractivity (Wildman–Crippen MR) is 119 cm³/mol. The number of anilines is 1. The van der Waals surface area contributed by atoms with Crippen LogP contribution in [0.15, 0.2) is 47.5 Å². The van der Waals surface area contributed by atoms with Crippen LogP contribution in [0, 0.1) is 0 Å². The first-order valence-corrected chi connectivity index (χ1v) is 9.85. The van der Waals surface area contributed by atoms with Crippen molar-refractivity contribution in [3.05, 3.63) is 53.6 Å². The molecule has 0 spiro atoms. The summed E-state index contributed by atoms with van der Waals surface area (Å²) in [6.45, 7) is 9.94. The number of ether oxygens (including phenoxy) is 3. The molecule has 0 amide bonds. The molecule has 2 aromatic rings. The summed E-state index contributed by atoms with van der Waals surface area (Å²) in [5.41, 5.74) is 3.03. The molecule has 2 rings (SSSR count). The van der Waals surface area contributed by atoms with E-state index in [9.17, 15) is 0 Å². The Bertz CT molecular complexity index is 813. The number of nitrogens with zero attached hydrogens (tertiary/aromatic N) is 1. The van der Waals surface area contributed by atoms with E-state index in [1.165, 1.54) is 0 Å². The van der Waals surface area contributed by atoms with Crippen molar-refractivity contribution in [1.82, 2.24) is 5.32 Å². The Hall–Kier alpha value is -2.73. The highest BCUT2D eigenvalue weighted by Crippen LogP contribution is 2.30. The lowest BCUT2D eigenvalue weighted by molar-refractivity contribution is -0.0149. The molecule has 0 aliphatic carbocycles. The zero-order chi connectivity index (χ0) is 21.3. The van der Waals surface area contributed by atoms with Gasteiger partial charge < -0.3 is 24.8 Å². The Balaban J connectivity index is 1.98. The van der Waals surface area contributed by atoms with Gasteiger partial charge in [-0.25, -0.2) is 0 Å². The van der Waals surface area contributed by atoms with Gasteiger partial charge in [-0.3, -0.25) is 4.99 Å². The maximum atomic E-state index is 5.87. The SMILES string of the molecule is CCOc1cc(NC(=NC)NCc2cccc(COC(C)(C)C)c2)ccc1OC. The molecule has 0 radical (unpaired) electrons. The molecule has 0 aliphatic heterocycles. The van der Waals surface area contributed by atoms with E-state index in [2.05, 4.69) is 54.6 Å². The molecule has 2 N–H and O–H groups in total. The molecule has 29 heavy (non-hydrogen) atoms. The van der Waals surface area contributed by atoms with Crippen LogP contribution in [-0.2, 0) is 17.9 Å². The van der Waals surface area contributed by atoms with E-state index in [4.69, 9.17) is 14.2 Å². The van der Waals surface area contributed by atoms with Gasteiger partial charge in [0.1, 0.15) is 0 Å². The topological polar surface area (TPSA) is 64.1 Å². The fourth-order valence-electron chi connectivity index (χ4n) is 2.65. The molecule has 0 bridgehead atoms. The second-order valence-corrected chi connectivity index (χ2v) is 7.57. The zero-order valence-electron chi connectivity index (χ0n) is 18.3. The number of hydrogen-bond donors (Lipinski definition) is 2. The first-order valence-electron chi connectivity index (χ1n) is 9.85. The van der Waals surface area contributed by atoms with Gasteiger partial charge in [0, 0.05) is 25.3 Å². The Kier molecular flexibility index (Phi) is 8.34. The molecule has 0 atom stereocenters. The van der Waals surface area contributed by atoms with Crippen molar-refractivity contribution in [3.63, 3.8) is 0 Å². The van der Waals surface area contributed by atoms with Crippen molar-refractivity contribution in [2.24, 2.45) is 4.99 Å². The maximum Gasteiger partial charge on any atom is 0.195 e. The van der Waals surface area contributed by atoms with E-state index in [1.807, 2.05) is 31.2 Å². The zero-order valence-corrected chi connectivity index (χ0v) is 18.3. The van der Waals surface area contributed by atoms with Crippen LogP contribution < -0.4 is 20.1 Å². The molecule has 0 heterocycles. The number of benzene rings is 2. The van der Waals surface area contributed by atoms with Crippen molar-refractivity contribution in [1.29, 1.82) is 0 Å². The van der Waals surface area contributed by atoms with Crippen molar-refractivity contribution in [3.8, 4) is 11.5 Å². The number of nitrogens with one attached hydrogen (secondary N) is 2. The summed E-state index contributed by atoms with van der Waals surface area (Å²) in [5, 5.41) is 6.63. The van der Waals surface area contributed by atoms with E-state index in [0.717, 1.165) is 16.8 Å². The van der Waals surface area contributed by atoms with Gasteiger partial charge in [0.15, 0.2) is 17.5 Å². The molecule has 2 aromatic carbocycles. The average molecular weight is 400 g/mol. The Morgan fingerprint density at radius 3 is 2.45 bits per heavy atom. The van der Waals surface area contributed by atoms with E-state index >= 15 is 0 Å². The number of hydrogen-bond acceptors (Lipinski definition) is 4. The molecule has 0 saturated heterocycles. The Morgan fingerprint density at radius 1 is 1.03 bits per heavy atom. The Labute approximate surface area is 174 Å². The molecular formula is C23H33N3O3. The van der Waals surface area contributed by atoms with Crippen LogP contribution in [0.4, 0.5) is 5.69 Å². The van der Waals surface area contributed by atoms with Crippen molar-refractivity contribution >= 4 is 11.6 Å². The molecule has 0 aromatic heterocycles. The highest BCUT2D eigenvalue weighted by molar-refractivity contribution is 5.93.